The Hall–Kier alpha value is 0.733. The van der Waals surface area contributed by atoms with Crippen LogP contribution in [0.3, 0.4) is 0 Å². The van der Waals surface area contributed by atoms with Gasteiger partial charge in [-0.25, -0.2) is 0 Å². The van der Waals surface area contributed by atoms with Gasteiger partial charge in [0.05, 0.1) is 0 Å². The first-order valence-electron chi connectivity index (χ1n) is 13.8. The van der Waals surface area contributed by atoms with E-state index >= 15 is 0 Å². The molecule has 0 atom stereocenters. The van der Waals surface area contributed by atoms with Gasteiger partial charge in [-0.15, -0.1) is 6.12 Å². The molecule has 0 aliphatic rings. The fourth-order valence-corrected chi connectivity index (χ4v) is 5.41. The Bertz CT molecular complexity index is 596. The van der Waals surface area contributed by atoms with Crippen molar-refractivity contribution in [3.63, 3.8) is 0 Å². The van der Waals surface area contributed by atoms with Gasteiger partial charge in [0.1, 0.15) is 0 Å². The van der Waals surface area contributed by atoms with Crippen molar-refractivity contribution in [2.45, 2.75) is 142 Å². The van der Waals surface area contributed by atoms with Gasteiger partial charge in [-0.2, -0.15) is 0 Å². The molecule has 192 valence electrons. The van der Waals surface area contributed by atoms with Crippen LogP contribution in [-0.2, 0) is 56.8 Å². The van der Waals surface area contributed by atoms with Crippen LogP contribution in [0.15, 0.2) is 18.2 Å². The summed E-state index contributed by atoms with van der Waals surface area (Å²) in [5.41, 5.74) is 2.74. The first-order chi connectivity index (χ1) is 16.0. The molecule has 0 amide bonds. The first kappa shape index (κ1) is 34.7. The van der Waals surface area contributed by atoms with Crippen LogP contribution in [0.25, 0.3) is 0 Å². The summed E-state index contributed by atoms with van der Waals surface area (Å²) in [7, 11) is 0. The van der Waals surface area contributed by atoms with E-state index in [4.69, 9.17) is 29.0 Å². The SMILES string of the molecule is CCCCCCCCCCCc1ccc(O[P+]([O-])([S-])[S-])cc1CCCCCCCCCCC.[Zn+2]. The van der Waals surface area contributed by atoms with Gasteiger partial charge in [0.15, 0.2) is 5.75 Å². The quantitative estimate of drug-likeness (QED) is 0.0594. The minimum atomic E-state index is -3.35. The predicted molar refractivity (Wildman–Crippen MR) is 151 cm³/mol. The molecular formula is C28H49O2PS2Zn. The molecule has 0 saturated heterocycles. The van der Waals surface area contributed by atoms with Crippen LogP contribution < -0.4 is 9.42 Å². The largest absolute Gasteiger partial charge is 2.00 e. The van der Waals surface area contributed by atoms with Gasteiger partial charge in [0.25, 0.3) is 0 Å². The van der Waals surface area contributed by atoms with Gasteiger partial charge in [-0.3, -0.25) is 0 Å². The summed E-state index contributed by atoms with van der Waals surface area (Å²) in [5, 5.41) is 0. The Balaban J connectivity index is 0.0000109. The molecular weight excluding hydrogens is 529 g/mol. The Kier molecular flexibility index (Phi) is 23.4. The van der Waals surface area contributed by atoms with Crippen LogP contribution in [-0.4, -0.2) is 0 Å². The Labute approximate surface area is 235 Å². The second-order valence-electron chi connectivity index (χ2n) is 9.63. The van der Waals surface area contributed by atoms with Gasteiger partial charge < -0.3 is 33.9 Å². The van der Waals surface area contributed by atoms with Crippen LogP contribution in [0.4, 0.5) is 0 Å². The zero-order valence-corrected chi connectivity index (χ0v) is 27.7. The molecule has 34 heavy (non-hydrogen) atoms. The average molecular weight is 578 g/mol. The van der Waals surface area contributed by atoms with Crippen molar-refractivity contribution in [3.8, 4) is 5.75 Å². The first-order valence-corrected chi connectivity index (χ1v) is 17.4. The van der Waals surface area contributed by atoms with Gasteiger partial charge in [0, 0.05) is 0 Å². The summed E-state index contributed by atoms with van der Waals surface area (Å²) >= 11 is 9.62. The molecule has 1 aromatic rings. The monoisotopic (exact) mass is 576 g/mol. The number of benzene rings is 1. The number of hydrogen-bond acceptors (Lipinski definition) is 4. The maximum atomic E-state index is 11.8. The maximum Gasteiger partial charge on any atom is 2.00 e. The van der Waals surface area contributed by atoms with Crippen LogP contribution in [0.5, 0.6) is 5.75 Å². The maximum absolute atomic E-state index is 11.8. The zero-order chi connectivity index (χ0) is 24.2. The minimum absolute atomic E-state index is 0. The van der Waals surface area contributed by atoms with Gasteiger partial charge >= 0.3 is 19.5 Å². The summed E-state index contributed by atoms with van der Waals surface area (Å²) in [6.07, 6.45) is 22.9. The summed E-state index contributed by atoms with van der Waals surface area (Å²) in [4.78, 5) is 11.8. The Morgan fingerprint density at radius 3 is 1.41 bits per heavy atom. The third kappa shape index (κ3) is 19.9. The van der Waals surface area contributed by atoms with Crippen LogP contribution >= 0.6 is 6.12 Å². The van der Waals surface area contributed by atoms with E-state index in [9.17, 15) is 4.89 Å². The molecule has 0 bridgehead atoms. The topological polar surface area (TPSA) is 32.3 Å². The van der Waals surface area contributed by atoms with E-state index in [1.807, 2.05) is 12.1 Å². The van der Waals surface area contributed by atoms with E-state index in [1.54, 1.807) is 0 Å². The van der Waals surface area contributed by atoms with E-state index < -0.39 is 6.12 Å². The van der Waals surface area contributed by atoms with E-state index in [0.29, 0.717) is 5.75 Å². The molecule has 0 N–H and O–H groups in total. The normalized spacial score (nSPS) is 11.4. The molecule has 2 nitrogen and oxygen atoms in total. The summed E-state index contributed by atoms with van der Waals surface area (Å²) in [6, 6.07) is 6.08. The van der Waals surface area contributed by atoms with Crippen molar-refractivity contribution in [1.29, 1.82) is 0 Å². The second-order valence-corrected chi connectivity index (χ2v) is 14.3. The van der Waals surface area contributed by atoms with Crippen molar-refractivity contribution in [3.05, 3.63) is 29.3 Å². The van der Waals surface area contributed by atoms with Crippen molar-refractivity contribution in [2.24, 2.45) is 0 Å². The number of hydrogen-bond donors (Lipinski definition) is 0. The van der Waals surface area contributed by atoms with E-state index in [2.05, 4.69) is 19.9 Å². The fourth-order valence-electron chi connectivity index (χ4n) is 4.52. The van der Waals surface area contributed by atoms with Crippen molar-refractivity contribution in [2.75, 3.05) is 0 Å². The number of aryl methyl sites for hydroxylation is 2. The molecule has 0 spiro atoms. The minimum Gasteiger partial charge on any atom is -0.682 e. The summed E-state index contributed by atoms with van der Waals surface area (Å²) < 4.78 is 5.37. The summed E-state index contributed by atoms with van der Waals surface area (Å²) in [6.45, 7) is 4.54. The summed E-state index contributed by atoms with van der Waals surface area (Å²) in [5.74, 6) is 0.574. The number of rotatable bonds is 22. The van der Waals surface area contributed by atoms with E-state index in [-0.39, 0.29) is 19.5 Å². The molecule has 6 heteroatoms. The predicted octanol–water partition coefficient (Wildman–Crippen LogP) is 9.34. The van der Waals surface area contributed by atoms with Crippen LogP contribution in [0, 0.1) is 0 Å². The molecule has 0 aliphatic heterocycles. The molecule has 0 unspecified atom stereocenters. The molecule has 0 radical (unpaired) electrons. The molecule has 0 fully saturated rings. The fraction of sp³-hybridized carbons (Fsp3) is 0.786. The molecule has 0 aromatic heterocycles. The molecule has 0 heterocycles. The Morgan fingerprint density at radius 1 is 0.618 bits per heavy atom. The van der Waals surface area contributed by atoms with Crippen LogP contribution in [0.2, 0.25) is 0 Å². The smallest absolute Gasteiger partial charge is 0.682 e. The van der Waals surface area contributed by atoms with Crippen molar-refractivity contribution in [1.82, 2.24) is 0 Å². The van der Waals surface area contributed by atoms with Crippen molar-refractivity contribution >= 4 is 30.6 Å². The van der Waals surface area contributed by atoms with Crippen LogP contribution in [0.1, 0.15) is 141 Å². The Morgan fingerprint density at radius 2 is 1.00 bits per heavy atom. The third-order valence-electron chi connectivity index (χ3n) is 6.49. The van der Waals surface area contributed by atoms with Gasteiger partial charge in [0.2, 0.25) is 0 Å². The zero-order valence-electron chi connectivity index (χ0n) is 22.2. The molecule has 0 aliphatic carbocycles. The van der Waals surface area contributed by atoms with Gasteiger partial charge in [-0.1, -0.05) is 123 Å². The molecule has 0 saturated carbocycles. The molecule has 1 rings (SSSR count). The second kappa shape index (κ2) is 22.9. The molecule has 1 aromatic carbocycles. The van der Waals surface area contributed by atoms with Crippen molar-refractivity contribution < 1.29 is 28.9 Å². The third-order valence-corrected chi connectivity index (χ3v) is 7.38. The average Bonchev–Trinajstić information content (AvgIpc) is 2.77. The van der Waals surface area contributed by atoms with Gasteiger partial charge in [-0.05, 0) is 48.9 Å². The standard InChI is InChI=1S/C28H51O2PS2.Zn/c1-3-5-7-9-11-13-15-17-19-21-26-23-24-28(30-31(29,32)33)25-27(26)22-20-18-16-14-12-10-8-6-4-2;/h23-25H,3-22H2,1-2H3,(H2,29,32,33);/q;+2/p-2. The number of unbranched alkanes of at least 4 members (excludes halogenated alkanes) is 16. The van der Waals surface area contributed by atoms with E-state index in [1.165, 1.54) is 127 Å². The van der Waals surface area contributed by atoms with E-state index in [0.717, 1.165) is 12.8 Å².